The van der Waals surface area contributed by atoms with E-state index in [9.17, 15) is 0 Å². The van der Waals surface area contributed by atoms with E-state index in [-0.39, 0.29) is 6.10 Å². The van der Waals surface area contributed by atoms with E-state index in [1.165, 1.54) is 0 Å². The van der Waals surface area contributed by atoms with Gasteiger partial charge in [-0.05, 0) is 45.8 Å². The Hall–Kier alpha value is -1.68. The Bertz CT molecular complexity index is 600. The Morgan fingerprint density at radius 1 is 1.26 bits per heavy atom. The topological polar surface area (TPSA) is 30.5 Å². The molecule has 0 amide bonds. The summed E-state index contributed by atoms with van der Waals surface area (Å²) < 4.78 is 12.3. The number of hydrogen-bond acceptors (Lipinski definition) is 3. The molecule has 0 fully saturated rings. The van der Waals surface area contributed by atoms with Crippen molar-refractivity contribution in [2.45, 2.75) is 6.10 Å². The summed E-state index contributed by atoms with van der Waals surface area (Å²) in [5, 5.41) is 3.39. The molecule has 0 aliphatic carbocycles. The number of methoxy groups -OCH3 is 1. The first-order valence-electron chi connectivity index (χ1n) is 6.11. The molecular weight excluding hydrogens is 306 g/mol. The normalized spacial score (nSPS) is 17.1. The molecule has 1 unspecified atom stereocenters. The Labute approximate surface area is 120 Å². The number of anilines is 1. The molecule has 1 aliphatic heterocycles. The van der Waals surface area contributed by atoms with Gasteiger partial charge in [-0.2, -0.15) is 0 Å². The summed E-state index contributed by atoms with van der Waals surface area (Å²) in [5.41, 5.74) is 2.13. The van der Waals surface area contributed by atoms with Crippen LogP contribution in [-0.4, -0.2) is 13.7 Å². The van der Waals surface area contributed by atoms with E-state index < -0.39 is 0 Å². The maximum Gasteiger partial charge on any atom is 0.157 e. The van der Waals surface area contributed by atoms with Crippen LogP contribution in [-0.2, 0) is 0 Å². The van der Waals surface area contributed by atoms with Crippen LogP contribution in [0.15, 0.2) is 46.9 Å². The fourth-order valence-corrected chi connectivity index (χ4v) is 2.64. The number of rotatable bonds is 2. The van der Waals surface area contributed by atoms with Crippen LogP contribution in [0.3, 0.4) is 0 Å². The average molecular weight is 320 g/mol. The largest absolute Gasteiger partial charge is 0.497 e. The van der Waals surface area contributed by atoms with Gasteiger partial charge in [0.05, 0.1) is 23.8 Å². The van der Waals surface area contributed by atoms with Gasteiger partial charge < -0.3 is 14.8 Å². The maximum atomic E-state index is 6.08. The van der Waals surface area contributed by atoms with Crippen molar-refractivity contribution in [2.24, 2.45) is 0 Å². The summed E-state index contributed by atoms with van der Waals surface area (Å²) in [6.07, 6.45) is -0.0127. The molecule has 1 N–H and O–H groups in total. The lowest BCUT2D eigenvalue weighted by Crippen LogP contribution is -2.23. The van der Waals surface area contributed by atoms with Crippen LogP contribution >= 0.6 is 15.9 Å². The van der Waals surface area contributed by atoms with Crippen LogP contribution in [0.2, 0.25) is 0 Å². The zero-order valence-electron chi connectivity index (χ0n) is 10.5. The Balaban J connectivity index is 1.91. The summed E-state index contributed by atoms with van der Waals surface area (Å²) in [5.74, 6) is 1.71. The van der Waals surface area contributed by atoms with Crippen molar-refractivity contribution in [3.05, 3.63) is 52.5 Å². The van der Waals surface area contributed by atoms with Gasteiger partial charge in [-0.3, -0.25) is 0 Å². The monoisotopic (exact) mass is 319 g/mol. The Morgan fingerprint density at radius 3 is 2.95 bits per heavy atom. The van der Waals surface area contributed by atoms with Crippen LogP contribution in [0.4, 0.5) is 5.69 Å². The highest BCUT2D eigenvalue weighted by molar-refractivity contribution is 9.10. The molecule has 0 bridgehead atoms. The first kappa shape index (κ1) is 12.4. The molecule has 0 radical (unpaired) electrons. The number of nitrogens with one attached hydrogen (secondary N) is 1. The van der Waals surface area contributed by atoms with Crippen molar-refractivity contribution >= 4 is 21.6 Å². The fourth-order valence-electron chi connectivity index (χ4n) is 2.18. The average Bonchev–Trinajstić information content (AvgIpc) is 2.47. The first-order valence-corrected chi connectivity index (χ1v) is 6.90. The molecule has 2 aromatic carbocycles. The maximum absolute atomic E-state index is 6.08. The molecule has 19 heavy (non-hydrogen) atoms. The highest BCUT2D eigenvalue weighted by Gasteiger charge is 2.22. The van der Waals surface area contributed by atoms with Crippen molar-refractivity contribution in [2.75, 3.05) is 19.0 Å². The molecule has 1 atom stereocenters. The molecule has 0 spiro atoms. The summed E-state index contributed by atoms with van der Waals surface area (Å²) >= 11 is 3.52. The highest BCUT2D eigenvalue weighted by Crippen LogP contribution is 2.39. The molecule has 0 saturated carbocycles. The van der Waals surface area contributed by atoms with Crippen molar-refractivity contribution in [1.29, 1.82) is 0 Å². The van der Waals surface area contributed by atoms with Gasteiger partial charge in [0.15, 0.2) is 5.75 Å². The van der Waals surface area contributed by atoms with Crippen molar-refractivity contribution in [1.82, 2.24) is 0 Å². The number of fused-ring (bicyclic) bond motifs is 1. The van der Waals surface area contributed by atoms with Crippen molar-refractivity contribution < 1.29 is 9.47 Å². The minimum absolute atomic E-state index is 0.0127. The van der Waals surface area contributed by atoms with Crippen molar-refractivity contribution in [3.8, 4) is 11.5 Å². The number of benzene rings is 2. The SMILES string of the molecule is COc1cccc(C2CNc3cccc(Br)c3O2)c1. The summed E-state index contributed by atoms with van der Waals surface area (Å²) in [4.78, 5) is 0. The van der Waals surface area contributed by atoms with Crippen LogP contribution in [0, 0.1) is 0 Å². The van der Waals surface area contributed by atoms with E-state index in [1.54, 1.807) is 7.11 Å². The molecule has 4 heteroatoms. The van der Waals surface area contributed by atoms with Crippen LogP contribution in [0.25, 0.3) is 0 Å². The zero-order valence-corrected chi connectivity index (χ0v) is 12.1. The standard InChI is InChI=1S/C15H14BrNO2/c1-18-11-5-2-4-10(8-11)14-9-17-13-7-3-6-12(16)15(13)19-14/h2-8,14,17H,9H2,1H3. The minimum Gasteiger partial charge on any atom is -0.497 e. The van der Waals surface area contributed by atoms with Gasteiger partial charge in [-0.1, -0.05) is 18.2 Å². The lowest BCUT2D eigenvalue weighted by Gasteiger charge is -2.28. The van der Waals surface area contributed by atoms with Gasteiger partial charge in [0.25, 0.3) is 0 Å². The van der Waals surface area contributed by atoms with Gasteiger partial charge in [-0.15, -0.1) is 0 Å². The minimum atomic E-state index is -0.0127. The van der Waals surface area contributed by atoms with Gasteiger partial charge in [-0.25, -0.2) is 0 Å². The number of hydrogen-bond donors (Lipinski definition) is 1. The molecule has 1 aliphatic rings. The van der Waals surface area contributed by atoms with E-state index in [4.69, 9.17) is 9.47 Å². The van der Waals surface area contributed by atoms with Gasteiger partial charge in [0, 0.05) is 0 Å². The molecule has 3 rings (SSSR count). The molecule has 0 saturated heterocycles. The molecule has 98 valence electrons. The second-order valence-corrected chi connectivity index (χ2v) is 5.23. The lowest BCUT2D eigenvalue weighted by molar-refractivity contribution is 0.208. The van der Waals surface area contributed by atoms with Gasteiger partial charge in [0.1, 0.15) is 11.9 Å². The quantitative estimate of drug-likeness (QED) is 0.907. The third-order valence-electron chi connectivity index (χ3n) is 3.17. The van der Waals surface area contributed by atoms with Crippen LogP contribution in [0.5, 0.6) is 11.5 Å². The van der Waals surface area contributed by atoms with E-state index >= 15 is 0 Å². The molecule has 0 aromatic heterocycles. The van der Waals surface area contributed by atoms with E-state index in [1.807, 2.05) is 36.4 Å². The molecule has 1 heterocycles. The molecular formula is C15H14BrNO2. The number of halogens is 1. The second-order valence-electron chi connectivity index (χ2n) is 4.38. The number of para-hydroxylation sites is 1. The van der Waals surface area contributed by atoms with E-state index in [0.29, 0.717) is 0 Å². The fraction of sp³-hybridized carbons (Fsp3) is 0.200. The van der Waals surface area contributed by atoms with Crippen LogP contribution in [0.1, 0.15) is 11.7 Å². The zero-order chi connectivity index (χ0) is 13.2. The third-order valence-corrected chi connectivity index (χ3v) is 3.80. The Morgan fingerprint density at radius 2 is 2.11 bits per heavy atom. The second kappa shape index (κ2) is 5.13. The molecule has 3 nitrogen and oxygen atoms in total. The van der Waals surface area contributed by atoms with E-state index in [2.05, 4.69) is 27.3 Å². The summed E-state index contributed by atoms with van der Waals surface area (Å²) in [6.45, 7) is 0.747. The summed E-state index contributed by atoms with van der Waals surface area (Å²) in [7, 11) is 1.67. The predicted molar refractivity (Wildman–Crippen MR) is 79.0 cm³/mol. The van der Waals surface area contributed by atoms with Crippen molar-refractivity contribution in [3.63, 3.8) is 0 Å². The van der Waals surface area contributed by atoms with Crippen LogP contribution < -0.4 is 14.8 Å². The Kier molecular flexibility index (Phi) is 3.34. The smallest absolute Gasteiger partial charge is 0.157 e. The van der Waals surface area contributed by atoms with Gasteiger partial charge in [0.2, 0.25) is 0 Å². The first-order chi connectivity index (χ1) is 9.28. The van der Waals surface area contributed by atoms with Gasteiger partial charge >= 0.3 is 0 Å². The summed E-state index contributed by atoms with van der Waals surface area (Å²) in [6, 6.07) is 14.0. The van der Waals surface area contributed by atoms with E-state index in [0.717, 1.165) is 33.8 Å². The third kappa shape index (κ3) is 2.40. The lowest BCUT2D eigenvalue weighted by atomic mass is 10.1. The highest BCUT2D eigenvalue weighted by atomic mass is 79.9. The number of ether oxygens (including phenoxy) is 2. The molecule has 2 aromatic rings. The predicted octanol–water partition coefficient (Wildman–Crippen LogP) is 4.00.